The molecule has 2 rings (SSSR count). The monoisotopic (exact) mass is 489 g/mol. The van der Waals surface area contributed by atoms with Gasteiger partial charge >= 0.3 is 12.3 Å². The van der Waals surface area contributed by atoms with E-state index < -0.39 is 23.4 Å². The topological polar surface area (TPSA) is 87.3 Å². The molecule has 10 heteroatoms. The summed E-state index contributed by atoms with van der Waals surface area (Å²) < 4.78 is 50.3. The Bertz CT molecular complexity index is 916. The molecule has 0 aliphatic rings. The lowest BCUT2D eigenvalue weighted by Gasteiger charge is -2.18. The zero-order chi connectivity index (χ0) is 25.4. The Labute approximate surface area is 197 Å². The van der Waals surface area contributed by atoms with Gasteiger partial charge in [0, 0.05) is 11.8 Å². The maximum absolute atomic E-state index is 13.4. The summed E-state index contributed by atoms with van der Waals surface area (Å²) in [6, 6.07) is 5.40. The van der Waals surface area contributed by atoms with Crippen LogP contribution in [-0.2, 0) is 10.9 Å². The van der Waals surface area contributed by atoms with Crippen molar-refractivity contribution >= 4 is 17.7 Å². The highest BCUT2D eigenvalue weighted by Gasteiger charge is 2.35. The van der Waals surface area contributed by atoms with Crippen molar-refractivity contribution in [2.45, 2.75) is 59.7 Å². The van der Waals surface area contributed by atoms with Crippen molar-refractivity contribution in [2.75, 3.05) is 6.61 Å². The predicted octanol–water partition coefficient (Wildman–Crippen LogP) is 6.76. The highest BCUT2D eigenvalue weighted by Crippen LogP contribution is 2.39. The number of carbonyl (C=O) groups excluding carboxylic acids is 1. The van der Waals surface area contributed by atoms with E-state index in [9.17, 15) is 18.0 Å². The molecule has 0 saturated carbocycles. The van der Waals surface area contributed by atoms with Gasteiger partial charge in [0.1, 0.15) is 11.4 Å². The third-order valence-electron chi connectivity index (χ3n) is 4.01. The molecule has 0 fully saturated rings. The highest BCUT2D eigenvalue weighted by atomic mass is 35.5. The number of amides is 1. The summed E-state index contributed by atoms with van der Waals surface area (Å²) >= 11 is 5.71. The molecule has 1 aromatic heterocycles. The second kappa shape index (κ2) is 12.1. The minimum atomic E-state index is -4.52. The molecule has 1 atom stereocenters. The molecule has 184 valence electrons. The lowest BCUT2D eigenvalue weighted by Crippen LogP contribution is -2.27. The van der Waals surface area contributed by atoms with Crippen molar-refractivity contribution in [3.63, 3.8) is 0 Å². The zero-order valence-corrected chi connectivity index (χ0v) is 20.4. The van der Waals surface area contributed by atoms with E-state index >= 15 is 0 Å². The molecule has 1 amide bonds. The van der Waals surface area contributed by atoms with Crippen LogP contribution < -0.4 is 10.5 Å². The van der Waals surface area contributed by atoms with E-state index in [4.69, 9.17) is 22.1 Å². The molecular formula is C23H31ClF3N3O3. The fraction of sp³-hybridized carbons (Fsp3) is 0.522. The van der Waals surface area contributed by atoms with E-state index in [0.29, 0.717) is 17.2 Å². The largest absolute Gasteiger partial charge is 0.493 e. The molecule has 0 radical (unpaired) electrons. The molecule has 0 saturated heterocycles. The normalized spacial score (nSPS) is 12.6. The van der Waals surface area contributed by atoms with Crippen molar-refractivity contribution in [1.82, 2.24) is 9.97 Å². The number of primary amides is 1. The standard InChI is InChI=1S/C18H20ClF3N2O.C5H11NO2/c1-11(2)8-12(3)10-25-16-5-4-13(9-14(16)18(20,21)22)15-6-7-23-17(19)24-15;1-5(2,3)8-4(6)7/h4-7,9,11-12H,8,10H2,1-3H3;1-3H3,(H2,6,7). The first-order chi connectivity index (χ1) is 15.1. The van der Waals surface area contributed by atoms with E-state index in [1.807, 2.05) is 6.92 Å². The number of aromatic nitrogens is 2. The molecule has 0 aliphatic heterocycles. The van der Waals surface area contributed by atoms with Gasteiger partial charge in [-0.1, -0.05) is 20.8 Å². The fourth-order valence-corrected chi connectivity index (χ4v) is 3.09. The Balaban J connectivity index is 0.000000582. The molecule has 2 aromatic rings. The summed E-state index contributed by atoms with van der Waals surface area (Å²) in [5, 5.41) is -0.0195. The molecule has 0 aliphatic carbocycles. The van der Waals surface area contributed by atoms with E-state index in [2.05, 4.69) is 28.6 Å². The second-order valence-electron chi connectivity index (χ2n) is 9.00. The number of rotatable bonds is 6. The summed E-state index contributed by atoms with van der Waals surface area (Å²) in [4.78, 5) is 17.7. The molecule has 33 heavy (non-hydrogen) atoms. The summed E-state index contributed by atoms with van der Waals surface area (Å²) in [6.45, 7) is 11.6. The van der Waals surface area contributed by atoms with Crippen molar-refractivity contribution in [1.29, 1.82) is 0 Å². The van der Waals surface area contributed by atoms with Crippen LogP contribution in [0.15, 0.2) is 30.5 Å². The molecule has 1 aromatic carbocycles. The van der Waals surface area contributed by atoms with Gasteiger partial charge in [0.15, 0.2) is 0 Å². The van der Waals surface area contributed by atoms with Crippen molar-refractivity contribution in [3.05, 3.63) is 41.3 Å². The number of nitrogens with two attached hydrogens (primary N) is 1. The van der Waals surface area contributed by atoms with Crippen LogP contribution in [0.4, 0.5) is 18.0 Å². The first-order valence-corrected chi connectivity index (χ1v) is 10.8. The quantitative estimate of drug-likeness (QED) is 0.453. The number of hydrogen-bond acceptors (Lipinski definition) is 5. The lowest BCUT2D eigenvalue weighted by atomic mass is 10.00. The molecule has 0 spiro atoms. The smallest absolute Gasteiger partial charge is 0.419 e. The van der Waals surface area contributed by atoms with Crippen molar-refractivity contribution in [3.8, 4) is 17.0 Å². The molecule has 1 unspecified atom stereocenters. The Kier molecular flexibility index (Phi) is 10.4. The van der Waals surface area contributed by atoms with Crippen LogP contribution in [0.25, 0.3) is 11.3 Å². The SMILES string of the molecule is CC(C)(C)OC(N)=O.CC(C)CC(C)COc1ccc(-c2ccnc(Cl)n2)cc1C(F)(F)F. The van der Waals surface area contributed by atoms with Crippen LogP contribution in [0.1, 0.15) is 53.5 Å². The van der Waals surface area contributed by atoms with Gasteiger partial charge in [-0.3, -0.25) is 0 Å². The van der Waals surface area contributed by atoms with Gasteiger partial charge in [-0.05, 0) is 74.9 Å². The number of hydrogen-bond donors (Lipinski definition) is 1. The van der Waals surface area contributed by atoms with Crippen molar-refractivity contribution in [2.24, 2.45) is 17.6 Å². The zero-order valence-electron chi connectivity index (χ0n) is 19.7. The van der Waals surface area contributed by atoms with E-state index in [-0.39, 0.29) is 23.6 Å². The van der Waals surface area contributed by atoms with Crippen LogP contribution in [0.3, 0.4) is 0 Å². The van der Waals surface area contributed by atoms with E-state index in [1.165, 1.54) is 24.4 Å². The average molecular weight is 490 g/mol. The van der Waals surface area contributed by atoms with Gasteiger partial charge in [0.25, 0.3) is 0 Å². The van der Waals surface area contributed by atoms with Gasteiger partial charge in [0.2, 0.25) is 5.28 Å². The van der Waals surface area contributed by atoms with Crippen LogP contribution in [0.2, 0.25) is 5.28 Å². The number of halogens is 4. The average Bonchev–Trinajstić information content (AvgIpc) is 2.63. The molecule has 1 heterocycles. The lowest BCUT2D eigenvalue weighted by molar-refractivity contribution is -0.139. The Morgan fingerprint density at radius 2 is 1.79 bits per heavy atom. The molecular weight excluding hydrogens is 459 g/mol. The summed E-state index contributed by atoms with van der Waals surface area (Å²) in [6.07, 6.45) is -2.96. The number of nitrogens with zero attached hydrogens (tertiary/aromatic N) is 2. The Hall–Kier alpha value is -2.55. The maximum atomic E-state index is 13.4. The second-order valence-corrected chi connectivity index (χ2v) is 9.34. The minimum Gasteiger partial charge on any atom is -0.493 e. The molecule has 2 N–H and O–H groups in total. The van der Waals surface area contributed by atoms with Crippen LogP contribution in [0.5, 0.6) is 5.75 Å². The first kappa shape index (κ1) is 28.5. The van der Waals surface area contributed by atoms with Crippen LogP contribution >= 0.6 is 11.6 Å². The predicted molar refractivity (Wildman–Crippen MR) is 122 cm³/mol. The summed E-state index contributed by atoms with van der Waals surface area (Å²) in [7, 11) is 0. The molecule has 0 bridgehead atoms. The number of ether oxygens (including phenoxy) is 2. The van der Waals surface area contributed by atoms with E-state index in [0.717, 1.165) is 12.5 Å². The minimum absolute atomic E-state index is 0.0195. The van der Waals surface area contributed by atoms with Crippen LogP contribution in [0, 0.1) is 11.8 Å². The first-order valence-electron chi connectivity index (χ1n) is 10.4. The molecule has 6 nitrogen and oxygen atoms in total. The summed E-state index contributed by atoms with van der Waals surface area (Å²) in [5.74, 6) is 0.457. The van der Waals surface area contributed by atoms with Gasteiger partial charge in [0.05, 0.1) is 17.9 Å². The van der Waals surface area contributed by atoms with Gasteiger partial charge in [-0.2, -0.15) is 13.2 Å². The number of benzene rings is 1. The highest BCUT2D eigenvalue weighted by molar-refractivity contribution is 6.28. The fourth-order valence-electron chi connectivity index (χ4n) is 2.94. The van der Waals surface area contributed by atoms with Gasteiger partial charge in [-0.25, -0.2) is 14.8 Å². The van der Waals surface area contributed by atoms with E-state index in [1.54, 1.807) is 20.8 Å². The Morgan fingerprint density at radius 3 is 2.24 bits per heavy atom. The number of alkyl halides is 3. The summed E-state index contributed by atoms with van der Waals surface area (Å²) in [5.41, 5.74) is 4.07. The third-order valence-corrected chi connectivity index (χ3v) is 4.19. The van der Waals surface area contributed by atoms with Gasteiger partial charge in [-0.15, -0.1) is 0 Å². The number of carbonyl (C=O) groups is 1. The maximum Gasteiger partial charge on any atom is 0.419 e. The van der Waals surface area contributed by atoms with Crippen LogP contribution in [-0.4, -0.2) is 28.3 Å². The van der Waals surface area contributed by atoms with Crippen molar-refractivity contribution < 1.29 is 27.4 Å². The van der Waals surface area contributed by atoms with Gasteiger partial charge < -0.3 is 15.2 Å². The Morgan fingerprint density at radius 1 is 1.15 bits per heavy atom. The third kappa shape index (κ3) is 11.2.